The zero-order valence-corrected chi connectivity index (χ0v) is 17.4. The second kappa shape index (κ2) is 9.84. The number of aromatic nitrogens is 1. The number of guanidine groups is 1. The van der Waals surface area contributed by atoms with Gasteiger partial charge < -0.3 is 24.9 Å². The van der Waals surface area contributed by atoms with E-state index in [-0.39, 0.29) is 19.0 Å². The Balaban J connectivity index is 1.97. The monoisotopic (exact) mass is 428 g/mol. The summed E-state index contributed by atoms with van der Waals surface area (Å²) in [6.45, 7) is 6.87. The molecule has 10 heteroatoms. The lowest BCUT2D eigenvalue weighted by molar-refractivity contribution is -0.154. The summed E-state index contributed by atoms with van der Waals surface area (Å²) in [7, 11) is 0. The van der Waals surface area contributed by atoms with E-state index >= 15 is 0 Å². The van der Waals surface area contributed by atoms with Crippen molar-refractivity contribution < 1.29 is 27.4 Å². The van der Waals surface area contributed by atoms with Crippen LogP contribution < -0.4 is 15.4 Å². The van der Waals surface area contributed by atoms with Crippen molar-refractivity contribution in [3.63, 3.8) is 0 Å². The summed E-state index contributed by atoms with van der Waals surface area (Å²) in [6.07, 6.45) is -3.00. The van der Waals surface area contributed by atoms with Gasteiger partial charge in [0.15, 0.2) is 12.6 Å². The van der Waals surface area contributed by atoms with Gasteiger partial charge in [0.25, 0.3) is 0 Å². The quantitative estimate of drug-likeness (QED) is 0.442. The number of alkyl halides is 3. The van der Waals surface area contributed by atoms with Crippen LogP contribution in [-0.4, -0.2) is 41.9 Å². The molecule has 166 valence electrons. The van der Waals surface area contributed by atoms with Crippen molar-refractivity contribution in [2.24, 2.45) is 4.99 Å². The van der Waals surface area contributed by atoms with Gasteiger partial charge in [-0.05, 0) is 39.3 Å². The molecule has 0 spiro atoms. The van der Waals surface area contributed by atoms with E-state index < -0.39 is 18.4 Å². The first-order chi connectivity index (χ1) is 14.0. The minimum atomic E-state index is -4.41. The van der Waals surface area contributed by atoms with Crippen LogP contribution in [0.5, 0.6) is 5.88 Å². The highest BCUT2D eigenvalue weighted by Crippen LogP contribution is 2.26. The molecule has 2 heterocycles. The average molecular weight is 428 g/mol. The highest BCUT2D eigenvalue weighted by atomic mass is 19.4. The number of nitrogens with one attached hydrogen (secondary N) is 2. The molecule has 0 radical (unpaired) electrons. The number of nitrogens with zero attached hydrogens (tertiary/aromatic N) is 2. The molecule has 30 heavy (non-hydrogen) atoms. The molecule has 2 aromatic heterocycles. The van der Waals surface area contributed by atoms with E-state index in [0.717, 1.165) is 5.76 Å². The van der Waals surface area contributed by atoms with E-state index in [0.29, 0.717) is 29.4 Å². The fraction of sp³-hybridized carbons (Fsp3) is 0.500. The standard InChI is InChI=1S/C20H27F3N4O3/c1-5-24-18(27-11-19(4,28)16-8-13(2)30-14(16)3)26-10-15-6-7-17(25-9-15)29-12-20(21,22)23/h6-9,28H,5,10-12H2,1-4H3,(H2,24,26,27). The zero-order valence-electron chi connectivity index (χ0n) is 17.4. The Morgan fingerprint density at radius 2 is 2.00 bits per heavy atom. The smallest absolute Gasteiger partial charge is 0.422 e. The third kappa shape index (κ3) is 7.25. The number of aryl methyl sites for hydroxylation is 2. The number of pyridine rings is 1. The van der Waals surface area contributed by atoms with E-state index in [1.807, 2.05) is 13.8 Å². The maximum absolute atomic E-state index is 12.2. The summed E-state index contributed by atoms with van der Waals surface area (Å²) < 4.78 is 46.6. The second-order valence-electron chi connectivity index (χ2n) is 7.06. The number of aliphatic hydroxyl groups is 1. The lowest BCUT2D eigenvalue weighted by Crippen LogP contribution is -2.44. The van der Waals surface area contributed by atoms with Gasteiger partial charge in [-0.15, -0.1) is 0 Å². The van der Waals surface area contributed by atoms with E-state index in [1.165, 1.54) is 12.3 Å². The Morgan fingerprint density at radius 1 is 1.27 bits per heavy atom. The van der Waals surface area contributed by atoms with Gasteiger partial charge in [-0.1, -0.05) is 6.07 Å². The van der Waals surface area contributed by atoms with Gasteiger partial charge in [-0.3, -0.25) is 0 Å². The van der Waals surface area contributed by atoms with Crippen molar-refractivity contribution >= 4 is 5.96 Å². The van der Waals surface area contributed by atoms with Gasteiger partial charge in [0.05, 0.1) is 13.1 Å². The summed E-state index contributed by atoms with van der Waals surface area (Å²) in [6, 6.07) is 4.76. The average Bonchev–Trinajstić information content (AvgIpc) is 3.01. The summed E-state index contributed by atoms with van der Waals surface area (Å²) in [4.78, 5) is 8.28. The maximum atomic E-state index is 12.2. The topological polar surface area (TPSA) is 91.9 Å². The minimum Gasteiger partial charge on any atom is -0.468 e. The summed E-state index contributed by atoms with van der Waals surface area (Å²) >= 11 is 0. The maximum Gasteiger partial charge on any atom is 0.422 e. The normalized spacial score (nSPS) is 14.3. The van der Waals surface area contributed by atoms with Gasteiger partial charge in [0, 0.05) is 24.4 Å². The molecule has 3 N–H and O–H groups in total. The van der Waals surface area contributed by atoms with Gasteiger partial charge in [-0.2, -0.15) is 13.2 Å². The molecule has 0 fully saturated rings. The number of rotatable bonds is 8. The lowest BCUT2D eigenvalue weighted by Gasteiger charge is -2.24. The molecule has 0 aromatic carbocycles. The fourth-order valence-electron chi connectivity index (χ4n) is 2.77. The van der Waals surface area contributed by atoms with Crippen molar-refractivity contribution in [3.05, 3.63) is 47.0 Å². The number of ether oxygens (including phenoxy) is 1. The molecule has 2 aromatic rings. The summed E-state index contributed by atoms with van der Waals surface area (Å²) in [5.41, 5.74) is 0.221. The molecule has 0 saturated carbocycles. The van der Waals surface area contributed by atoms with Crippen LogP contribution in [0.25, 0.3) is 0 Å². The van der Waals surface area contributed by atoms with Crippen LogP contribution in [0, 0.1) is 13.8 Å². The number of halogens is 3. The summed E-state index contributed by atoms with van der Waals surface area (Å²) in [5, 5.41) is 17.0. The van der Waals surface area contributed by atoms with E-state index in [1.54, 1.807) is 26.0 Å². The number of hydrogen-bond acceptors (Lipinski definition) is 5. The Morgan fingerprint density at radius 3 is 2.53 bits per heavy atom. The SMILES string of the molecule is CCNC(=NCc1ccc(OCC(F)(F)F)nc1)NCC(C)(O)c1cc(C)oc1C. The Hall–Kier alpha value is -2.75. The molecule has 2 rings (SSSR count). The lowest BCUT2D eigenvalue weighted by atomic mass is 9.96. The third-order valence-corrected chi connectivity index (χ3v) is 4.17. The fourth-order valence-corrected chi connectivity index (χ4v) is 2.77. The predicted octanol–water partition coefficient (Wildman–Crippen LogP) is 3.20. The molecule has 0 bridgehead atoms. The molecule has 7 nitrogen and oxygen atoms in total. The number of aliphatic imine (C=N–C) groups is 1. The first-order valence-corrected chi connectivity index (χ1v) is 9.46. The van der Waals surface area contributed by atoms with Crippen LogP contribution in [0.2, 0.25) is 0 Å². The number of hydrogen-bond donors (Lipinski definition) is 3. The molecular formula is C20H27F3N4O3. The van der Waals surface area contributed by atoms with E-state index in [2.05, 4.69) is 25.3 Å². The Kier molecular flexibility index (Phi) is 7.71. The molecule has 1 unspecified atom stereocenters. The van der Waals surface area contributed by atoms with Crippen LogP contribution in [0.4, 0.5) is 13.2 Å². The van der Waals surface area contributed by atoms with Crippen molar-refractivity contribution in [2.45, 2.75) is 46.0 Å². The first kappa shape index (κ1) is 23.5. The first-order valence-electron chi connectivity index (χ1n) is 9.46. The van der Waals surface area contributed by atoms with Crippen molar-refractivity contribution in [3.8, 4) is 5.88 Å². The second-order valence-corrected chi connectivity index (χ2v) is 7.06. The Labute approximate surface area is 173 Å². The predicted molar refractivity (Wildman–Crippen MR) is 106 cm³/mol. The molecule has 0 aliphatic rings. The molecule has 1 atom stereocenters. The van der Waals surface area contributed by atoms with Crippen LogP contribution in [0.3, 0.4) is 0 Å². The van der Waals surface area contributed by atoms with Gasteiger partial charge in [0.2, 0.25) is 5.88 Å². The van der Waals surface area contributed by atoms with Crippen molar-refractivity contribution in [1.82, 2.24) is 15.6 Å². The van der Waals surface area contributed by atoms with E-state index in [4.69, 9.17) is 4.42 Å². The molecular weight excluding hydrogens is 401 g/mol. The van der Waals surface area contributed by atoms with Crippen molar-refractivity contribution in [2.75, 3.05) is 19.7 Å². The van der Waals surface area contributed by atoms with Gasteiger partial charge in [-0.25, -0.2) is 9.98 Å². The van der Waals surface area contributed by atoms with Gasteiger partial charge >= 0.3 is 6.18 Å². The van der Waals surface area contributed by atoms with Crippen LogP contribution in [0.1, 0.15) is 36.5 Å². The zero-order chi connectivity index (χ0) is 22.4. The number of furan rings is 1. The van der Waals surface area contributed by atoms with Crippen molar-refractivity contribution in [1.29, 1.82) is 0 Å². The van der Waals surface area contributed by atoms with Crippen LogP contribution >= 0.6 is 0 Å². The third-order valence-electron chi connectivity index (χ3n) is 4.17. The Bertz CT molecular complexity index is 846. The molecule has 0 aliphatic heterocycles. The van der Waals surface area contributed by atoms with Crippen LogP contribution in [-0.2, 0) is 12.1 Å². The van der Waals surface area contributed by atoms with E-state index in [9.17, 15) is 18.3 Å². The summed E-state index contributed by atoms with van der Waals surface area (Å²) in [5.74, 6) is 1.75. The van der Waals surface area contributed by atoms with Gasteiger partial charge in [0.1, 0.15) is 17.1 Å². The highest BCUT2D eigenvalue weighted by Gasteiger charge is 2.29. The minimum absolute atomic E-state index is 0.105. The molecule has 0 saturated heterocycles. The largest absolute Gasteiger partial charge is 0.468 e. The molecule has 0 amide bonds. The molecule has 0 aliphatic carbocycles. The van der Waals surface area contributed by atoms with Crippen LogP contribution in [0.15, 0.2) is 33.8 Å². The highest BCUT2D eigenvalue weighted by molar-refractivity contribution is 5.79.